The quantitative estimate of drug-likeness (QED) is 0.589. The van der Waals surface area contributed by atoms with Gasteiger partial charge in [0, 0.05) is 6.92 Å². The fraction of sp³-hybridized carbons (Fsp3) is 0.300. The molecule has 5 nitrogen and oxygen atoms in total. The van der Waals surface area contributed by atoms with Crippen molar-refractivity contribution in [3.8, 4) is 0 Å². The second-order valence-corrected chi connectivity index (χ2v) is 6.97. The van der Waals surface area contributed by atoms with E-state index in [1.807, 2.05) is 6.07 Å². The van der Waals surface area contributed by atoms with Crippen molar-refractivity contribution in [2.45, 2.75) is 38.4 Å². The van der Waals surface area contributed by atoms with Crippen molar-refractivity contribution < 1.29 is 18.0 Å². The van der Waals surface area contributed by atoms with Gasteiger partial charge in [0.2, 0.25) is 11.9 Å². The molecule has 3 N–H and O–H groups in total. The van der Waals surface area contributed by atoms with E-state index >= 15 is 0 Å². The molecule has 4 rings (SSSR count). The summed E-state index contributed by atoms with van der Waals surface area (Å²) in [5, 5.41) is 5.97. The Hall–Kier alpha value is -3.03. The van der Waals surface area contributed by atoms with Crippen molar-refractivity contribution in [1.29, 1.82) is 0 Å². The van der Waals surface area contributed by atoms with Crippen molar-refractivity contribution in [3.63, 3.8) is 0 Å². The van der Waals surface area contributed by atoms with Crippen LogP contribution in [0.4, 0.5) is 24.8 Å². The number of anilines is 2. The largest absolute Gasteiger partial charge is 0.416 e. The highest BCUT2D eigenvalue weighted by Gasteiger charge is 2.32. The summed E-state index contributed by atoms with van der Waals surface area (Å²) < 4.78 is 39.4. The molecular weight excluding hydrogens is 369 g/mol. The number of para-hydroxylation sites is 1. The molecule has 0 fully saturated rings. The summed E-state index contributed by atoms with van der Waals surface area (Å²) in [6.45, 7) is 1.42. The number of nitrogens with zero attached hydrogens (tertiary/aromatic N) is 1. The fourth-order valence-corrected chi connectivity index (χ4v) is 3.68. The average molecular weight is 388 g/mol. The predicted molar refractivity (Wildman–Crippen MR) is 101 cm³/mol. The maximum absolute atomic E-state index is 13.1. The molecular formula is C20H19F3N4O. The molecule has 0 aliphatic heterocycles. The number of fused-ring (bicyclic) bond motifs is 2. The number of aryl methyl sites for hydroxylation is 1. The van der Waals surface area contributed by atoms with Gasteiger partial charge in [-0.05, 0) is 54.7 Å². The lowest BCUT2D eigenvalue weighted by atomic mass is 9.86. The minimum atomic E-state index is -4.37. The van der Waals surface area contributed by atoms with Gasteiger partial charge in [0.15, 0.2) is 0 Å². The summed E-state index contributed by atoms with van der Waals surface area (Å²) in [6.07, 6.45) is -2.01. The van der Waals surface area contributed by atoms with Crippen LogP contribution in [0.2, 0.25) is 0 Å². The van der Waals surface area contributed by atoms with Crippen LogP contribution in [0.1, 0.15) is 42.5 Å². The first-order chi connectivity index (χ1) is 13.3. The van der Waals surface area contributed by atoms with Gasteiger partial charge in [-0.25, -0.2) is 4.98 Å². The Labute approximate surface area is 159 Å². The number of halogens is 3. The monoisotopic (exact) mass is 388 g/mol. The highest BCUT2D eigenvalue weighted by atomic mass is 19.4. The minimum absolute atomic E-state index is 0.203. The number of aromatic nitrogens is 2. The maximum atomic E-state index is 13.1. The predicted octanol–water partition coefficient (Wildman–Crippen LogP) is 5.03. The minimum Gasteiger partial charge on any atom is -0.349 e. The van der Waals surface area contributed by atoms with Crippen LogP contribution in [0.5, 0.6) is 0 Å². The topological polar surface area (TPSA) is 69.8 Å². The van der Waals surface area contributed by atoms with E-state index in [-0.39, 0.29) is 11.9 Å². The molecule has 0 saturated carbocycles. The number of amides is 1. The van der Waals surface area contributed by atoms with Gasteiger partial charge in [0.25, 0.3) is 0 Å². The number of H-pyrrole nitrogens is 1. The zero-order valence-corrected chi connectivity index (χ0v) is 15.2. The third kappa shape index (κ3) is 3.54. The van der Waals surface area contributed by atoms with Crippen LogP contribution in [0.25, 0.3) is 11.0 Å². The molecule has 3 aromatic rings. The summed E-state index contributed by atoms with van der Waals surface area (Å²) in [5.74, 6) is 0.258. The lowest BCUT2D eigenvalue weighted by Gasteiger charge is -2.27. The maximum Gasteiger partial charge on any atom is 0.416 e. The third-order valence-corrected chi connectivity index (χ3v) is 4.92. The van der Waals surface area contributed by atoms with Gasteiger partial charge in [0.05, 0.1) is 22.8 Å². The van der Waals surface area contributed by atoms with E-state index in [4.69, 9.17) is 0 Å². The zero-order chi connectivity index (χ0) is 19.9. The summed E-state index contributed by atoms with van der Waals surface area (Å²) in [5.41, 5.74) is 2.85. The molecule has 8 heteroatoms. The SMILES string of the molecule is CC(=O)Nc1cccc2[nH]c(NC3CCCc4ccc(C(F)(F)F)cc43)nc12. The second-order valence-electron chi connectivity index (χ2n) is 6.97. The molecule has 28 heavy (non-hydrogen) atoms. The molecule has 2 aromatic carbocycles. The zero-order valence-electron chi connectivity index (χ0n) is 15.2. The molecule has 1 amide bonds. The molecule has 0 bridgehead atoms. The van der Waals surface area contributed by atoms with Crippen molar-refractivity contribution in [1.82, 2.24) is 9.97 Å². The fourth-order valence-electron chi connectivity index (χ4n) is 3.68. The smallest absolute Gasteiger partial charge is 0.349 e. The standard InChI is InChI=1S/C20H19F3N4O/c1-11(28)24-16-6-3-7-17-18(16)27-19(26-17)25-15-5-2-4-12-8-9-13(10-14(12)15)20(21,22)23/h3,6-10,15H,2,4-5H2,1H3,(H,24,28)(H2,25,26,27). The first-order valence-corrected chi connectivity index (χ1v) is 9.04. The van der Waals surface area contributed by atoms with Crippen molar-refractivity contribution >= 4 is 28.6 Å². The van der Waals surface area contributed by atoms with Crippen LogP contribution in [-0.2, 0) is 17.4 Å². The third-order valence-electron chi connectivity index (χ3n) is 4.92. The van der Waals surface area contributed by atoms with Crippen molar-refractivity contribution in [2.75, 3.05) is 10.6 Å². The molecule has 0 spiro atoms. The van der Waals surface area contributed by atoms with Gasteiger partial charge in [-0.2, -0.15) is 13.2 Å². The Balaban J connectivity index is 1.66. The van der Waals surface area contributed by atoms with E-state index in [9.17, 15) is 18.0 Å². The lowest BCUT2D eigenvalue weighted by molar-refractivity contribution is -0.137. The van der Waals surface area contributed by atoms with E-state index in [2.05, 4.69) is 20.6 Å². The van der Waals surface area contributed by atoms with E-state index in [0.29, 0.717) is 29.1 Å². The molecule has 1 aliphatic rings. The number of rotatable bonds is 3. The van der Waals surface area contributed by atoms with E-state index in [1.54, 1.807) is 18.2 Å². The number of hydrogen-bond donors (Lipinski definition) is 3. The van der Waals surface area contributed by atoms with Gasteiger partial charge >= 0.3 is 6.18 Å². The summed E-state index contributed by atoms with van der Waals surface area (Å²) in [6, 6.07) is 9.05. The molecule has 146 valence electrons. The molecule has 1 aromatic heterocycles. The van der Waals surface area contributed by atoms with Crippen LogP contribution >= 0.6 is 0 Å². The van der Waals surface area contributed by atoms with Crippen molar-refractivity contribution in [3.05, 3.63) is 53.1 Å². The number of hydrogen-bond acceptors (Lipinski definition) is 3. The van der Waals surface area contributed by atoms with Crippen LogP contribution in [0.3, 0.4) is 0 Å². The number of imidazole rings is 1. The van der Waals surface area contributed by atoms with Crippen LogP contribution < -0.4 is 10.6 Å². The van der Waals surface area contributed by atoms with Gasteiger partial charge in [-0.3, -0.25) is 4.79 Å². The first-order valence-electron chi connectivity index (χ1n) is 9.04. The van der Waals surface area contributed by atoms with E-state index in [1.165, 1.54) is 13.0 Å². The van der Waals surface area contributed by atoms with E-state index < -0.39 is 11.7 Å². The number of aromatic amines is 1. The van der Waals surface area contributed by atoms with Gasteiger partial charge in [0.1, 0.15) is 5.52 Å². The summed E-state index contributed by atoms with van der Waals surface area (Å²) >= 11 is 0. The van der Waals surface area contributed by atoms with Crippen LogP contribution in [0.15, 0.2) is 36.4 Å². The Morgan fingerprint density at radius 2 is 2.07 bits per heavy atom. The van der Waals surface area contributed by atoms with Crippen LogP contribution in [0, 0.1) is 0 Å². The summed E-state index contributed by atoms with van der Waals surface area (Å²) in [4.78, 5) is 19.0. The highest BCUT2D eigenvalue weighted by molar-refractivity contribution is 5.99. The number of benzene rings is 2. The van der Waals surface area contributed by atoms with E-state index in [0.717, 1.165) is 30.0 Å². The number of carbonyl (C=O) groups is 1. The first kappa shape index (κ1) is 18.3. The number of nitrogens with one attached hydrogen (secondary N) is 3. The molecule has 0 saturated heterocycles. The van der Waals surface area contributed by atoms with Crippen molar-refractivity contribution in [2.24, 2.45) is 0 Å². The summed E-state index contributed by atoms with van der Waals surface area (Å²) in [7, 11) is 0. The Morgan fingerprint density at radius 3 is 2.82 bits per heavy atom. The average Bonchev–Trinajstić information content (AvgIpc) is 3.04. The number of alkyl halides is 3. The molecule has 1 atom stereocenters. The van der Waals surface area contributed by atoms with Gasteiger partial charge < -0.3 is 15.6 Å². The number of carbonyl (C=O) groups excluding carboxylic acids is 1. The molecule has 0 radical (unpaired) electrons. The second kappa shape index (κ2) is 6.85. The Morgan fingerprint density at radius 1 is 1.25 bits per heavy atom. The Bertz CT molecular complexity index is 1040. The highest BCUT2D eigenvalue weighted by Crippen LogP contribution is 2.37. The molecule has 1 heterocycles. The normalized spacial score (nSPS) is 16.6. The molecule has 1 unspecified atom stereocenters. The van der Waals surface area contributed by atoms with Gasteiger partial charge in [-0.1, -0.05) is 12.1 Å². The molecule has 1 aliphatic carbocycles. The van der Waals surface area contributed by atoms with Gasteiger partial charge in [-0.15, -0.1) is 0 Å². The Kier molecular flexibility index (Phi) is 4.49. The lowest BCUT2D eigenvalue weighted by Crippen LogP contribution is -2.19. The van der Waals surface area contributed by atoms with Crippen LogP contribution in [-0.4, -0.2) is 15.9 Å².